The van der Waals surface area contributed by atoms with Gasteiger partial charge >= 0.3 is 6.18 Å². The number of methoxy groups -OCH3 is 1. The largest absolute Gasteiger partial charge is 0.497 e. The zero-order valence-electron chi connectivity index (χ0n) is 22.5. The molecule has 1 aromatic carbocycles. The number of amides is 2. The zero-order valence-corrected chi connectivity index (χ0v) is 22.5. The van der Waals surface area contributed by atoms with Gasteiger partial charge in [-0.15, -0.1) is 0 Å². The van der Waals surface area contributed by atoms with E-state index in [1.54, 1.807) is 44.5 Å². The van der Waals surface area contributed by atoms with Crippen molar-refractivity contribution < 1.29 is 37.3 Å². The van der Waals surface area contributed by atoms with Gasteiger partial charge in [0, 0.05) is 31.9 Å². The van der Waals surface area contributed by atoms with Crippen LogP contribution in [0.1, 0.15) is 35.9 Å². The summed E-state index contributed by atoms with van der Waals surface area (Å²) in [7, 11) is 3.12. The number of aromatic nitrogens is 2. The Hall–Kier alpha value is -4.00. The van der Waals surface area contributed by atoms with Gasteiger partial charge in [0.2, 0.25) is 5.91 Å². The van der Waals surface area contributed by atoms with Gasteiger partial charge in [0.15, 0.2) is 18.1 Å². The second-order valence-electron chi connectivity index (χ2n) is 9.49. The van der Waals surface area contributed by atoms with Gasteiger partial charge in [0.25, 0.3) is 5.91 Å². The summed E-state index contributed by atoms with van der Waals surface area (Å²) in [6.45, 7) is 0.427. The van der Waals surface area contributed by atoms with Crippen molar-refractivity contribution in [1.82, 2.24) is 19.8 Å². The Morgan fingerprint density at radius 3 is 2.42 bits per heavy atom. The predicted octanol–water partition coefficient (Wildman–Crippen LogP) is 3.54. The van der Waals surface area contributed by atoms with E-state index in [1.807, 2.05) is 6.92 Å². The van der Waals surface area contributed by atoms with E-state index in [2.05, 4.69) is 15.6 Å². The number of halogens is 3. The molecule has 3 aromatic rings. The van der Waals surface area contributed by atoms with Crippen LogP contribution >= 0.6 is 0 Å². The average Bonchev–Trinajstić information content (AvgIpc) is 3.21. The van der Waals surface area contributed by atoms with Crippen LogP contribution in [0.4, 0.5) is 24.5 Å². The first-order valence-corrected chi connectivity index (χ1v) is 12.9. The lowest BCUT2D eigenvalue weighted by atomic mass is 10.0. The summed E-state index contributed by atoms with van der Waals surface area (Å²) in [4.78, 5) is 31.4. The number of fused-ring (bicyclic) bond motifs is 1. The number of nitrogens with one attached hydrogen (secondary N) is 2. The summed E-state index contributed by atoms with van der Waals surface area (Å²) in [5, 5.41) is 15.5. The monoisotopic (exact) mass is 563 g/mol. The number of aryl methyl sites for hydroxylation is 2. The Bertz CT molecular complexity index is 1370. The van der Waals surface area contributed by atoms with Crippen LogP contribution in [-0.2, 0) is 18.3 Å². The number of aliphatic hydroxyl groups excluding tert-OH is 1. The number of benzene rings is 1. The third-order valence-corrected chi connectivity index (χ3v) is 6.81. The van der Waals surface area contributed by atoms with E-state index < -0.39 is 31.2 Å². The SMILES string of the molecule is CCc1nc2c(cc1Nc1ccc(OC)cc1)c(OCC(F)(F)F)c(C(=O)NC1CCN(C(=O)CO)CC1)n2C. The van der Waals surface area contributed by atoms with E-state index in [1.165, 1.54) is 9.47 Å². The third-order valence-electron chi connectivity index (χ3n) is 6.81. The van der Waals surface area contributed by atoms with Gasteiger partial charge in [0.05, 0.1) is 23.9 Å². The Morgan fingerprint density at radius 2 is 1.85 bits per heavy atom. The first-order valence-electron chi connectivity index (χ1n) is 12.9. The first-order chi connectivity index (χ1) is 19.0. The van der Waals surface area contributed by atoms with E-state index in [4.69, 9.17) is 14.6 Å². The molecule has 40 heavy (non-hydrogen) atoms. The molecular formula is C27H32F3N5O5. The number of ether oxygens (including phenoxy) is 2. The summed E-state index contributed by atoms with van der Waals surface area (Å²) in [5.41, 5.74) is 2.16. The predicted molar refractivity (Wildman–Crippen MR) is 142 cm³/mol. The molecule has 2 amide bonds. The number of likely N-dealkylation sites (tertiary alicyclic amines) is 1. The van der Waals surface area contributed by atoms with E-state index in [-0.39, 0.29) is 22.9 Å². The number of carbonyl (C=O) groups is 2. The van der Waals surface area contributed by atoms with Crippen LogP contribution in [-0.4, -0.2) is 77.0 Å². The van der Waals surface area contributed by atoms with Crippen molar-refractivity contribution in [2.24, 2.45) is 7.05 Å². The molecule has 1 aliphatic rings. The van der Waals surface area contributed by atoms with Crippen LogP contribution in [0.25, 0.3) is 11.0 Å². The fourth-order valence-corrected chi connectivity index (χ4v) is 4.74. The molecule has 0 unspecified atom stereocenters. The van der Waals surface area contributed by atoms with Crippen molar-refractivity contribution in [1.29, 1.82) is 0 Å². The summed E-state index contributed by atoms with van der Waals surface area (Å²) in [6, 6.07) is 8.47. The average molecular weight is 564 g/mol. The van der Waals surface area contributed by atoms with Crippen LogP contribution in [0.5, 0.6) is 11.5 Å². The Balaban J connectivity index is 1.69. The molecule has 1 saturated heterocycles. The minimum atomic E-state index is -4.62. The molecule has 1 aliphatic heterocycles. The Morgan fingerprint density at radius 1 is 1.18 bits per heavy atom. The lowest BCUT2D eigenvalue weighted by molar-refractivity contribution is -0.153. The Labute approximate surface area is 229 Å². The van der Waals surface area contributed by atoms with Crippen LogP contribution in [0.2, 0.25) is 0 Å². The summed E-state index contributed by atoms with van der Waals surface area (Å²) in [6.07, 6.45) is -3.23. The number of hydrogen-bond acceptors (Lipinski definition) is 7. The molecule has 216 valence electrons. The molecule has 1 fully saturated rings. The highest BCUT2D eigenvalue weighted by Crippen LogP contribution is 2.37. The fourth-order valence-electron chi connectivity index (χ4n) is 4.74. The summed E-state index contributed by atoms with van der Waals surface area (Å²) in [5.74, 6) is -0.541. The highest BCUT2D eigenvalue weighted by Gasteiger charge is 2.33. The van der Waals surface area contributed by atoms with Crippen molar-refractivity contribution in [2.75, 3.05) is 38.7 Å². The zero-order chi connectivity index (χ0) is 29.0. The standard InChI is InChI=1S/C27H32F3N5O5/c1-4-20-21(31-16-5-7-18(39-3)8-6-16)13-19-24(40-15-27(28,29)30)23(34(2)25(19)33-20)26(38)32-17-9-11-35(12-10-17)22(37)14-36/h5-8,13,17,31,36H,4,9-12,14-15H2,1-3H3,(H,32,38). The van der Waals surface area contributed by atoms with Crippen LogP contribution in [0.15, 0.2) is 30.3 Å². The van der Waals surface area contributed by atoms with Gasteiger partial charge in [-0.2, -0.15) is 13.2 Å². The number of aliphatic hydroxyl groups is 1. The van der Waals surface area contributed by atoms with Gasteiger partial charge < -0.3 is 34.7 Å². The molecule has 10 nitrogen and oxygen atoms in total. The maximum absolute atomic E-state index is 13.4. The molecule has 3 heterocycles. The molecule has 0 spiro atoms. The maximum atomic E-state index is 13.4. The normalized spacial score (nSPS) is 14.3. The van der Waals surface area contributed by atoms with Gasteiger partial charge in [-0.25, -0.2) is 4.98 Å². The van der Waals surface area contributed by atoms with E-state index >= 15 is 0 Å². The second-order valence-corrected chi connectivity index (χ2v) is 9.49. The molecule has 0 radical (unpaired) electrons. The van der Waals surface area contributed by atoms with Gasteiger partial charge in [-0.1, -0.05) is 6.92 Å². The lowest BCUT2D eigenvalue weighted by Crippen LogP contribution is -2.47. The minimum Gasteiger partial charge on any atom is -0.497 e. The third kappa shape index (κ3) is 6.41. The lowest BCUT2D eigenvalue weighted by Gasteiger charge is -2.32. The Kier molecular flexibility index (Phi) is 8.72. The number of nitrogens with zero attached hydrogens (tertiary/aromatic N) is 3. The van der Waals surface area contributed by atoms with E-state index in [0.29, 0.717) is 60.8 Å². The van der Waals surface area contributed by atoms with Crippen molar-refractivity contribution >= 4 is 34.2 Å². The van der Waals surface area contributed by atoms with E-state index in [9.17, 15) is 22.8 Å². The van der Waals surface area contributed by atoms with Gasteiger partial charge in [0.1, 0.15) is 18.0 Å². The quantitative estimate of drug-likeness (QED) is 0.365. The van der Waals surface area contributed by atoms with Gasteiger partial charge in [-0.3, -0.25) is 9.59 Å². The number of carbonyl (C=O) groups excluding carboxylic acids is 2. The van der Waals surface area contributed by atoms with Crippen molar-refractivity contribution in [2.45, 2.75) is 38.4 Å². The van der Waals surface area contributed by atoms with Crippen molar-refractivity contribution in [3.63, 3.8) is 0 Å². The minimum absolute atomic E-state index is 0.0794. The second kappa shape index (κ2) is 12.0. The maximum Gasteiger partial charge on any atom is 0.422 e. The van der Waals surface area contributed by atoms with Crippen molar-refractivity contribution in [3.05, 3.63) is 41.7 Å². The molecule has 0 atom stereocenters. The molecule has 4 rings (SSSR count). The topological polar surface area (TPSA) is 118 Å². The number of rotatable bonds is 9. The van der Waals surface area contributed by atoms with Gasteiger partial charge in [-0.05, 0) is 49.6 Å². The van der Waals surface area contributed by atoms with Crippen molar-refractivity contribution in [3.8, 4) is 11.5 Å². The fraction of sp³-hybridized carbons (Fsp3) is 0.444. The molecule has 13 heteroatoms. The summed E-state index contributed by atoms with van der Waals surface area (Å²) < 4.78 is 51.5. The molecule has 0 bridgehead atoms. The molecular weight excluding hydrogens is 531 g/mol. The van der Waals surface area contributed by atoms with E-state index in [0.717, 1.165) is 0 Å². The van der Waals surface area contributed by atoms with Crippen LogP contribution in [0, 0.1) is 0 Å². The molecule has 2 aromatic heterocycles. The molecule has 3 N–H and O–H groups in total. The smallest absolute Gasteiger partial charge is 0.422 e. The highest BCUT2D eigenvalue weighted by atomic mass is 19.4. The highest BCUT2D eigenvalue weighted by molar-refractivity contribution is 6.04. The van der Waals surface area contributed by atoms with Crippen LogP contribution in [0.3, 0.4) is 0 Å². The number of anilines is 2. The number of pyridine rings is 1. The van der Waals surface area contributed by atoms with Crippen LogP contribution < -0.4 is 20.1 Å². The molecule has 0 aliphatic carbocycles. The number of hydrogen-bond donors (Lipinski definition) is 3. The number of piperidine rings is 1. The summed E-state index contributed by atoms with van der Waals surface area (Å²) >= 11 is 0. The first kappa shape index (κ1) is 29.0. The number of alkyl halides is 3. The molecule has 0 saturated carbocycles.